The summed E-state index contributed by atoms with van der Waals surface area (Å²) in [7, 11) is 1.62. The number of imidazole rings is 1. The number of rotatable bonds is 3. The van der Waals surface area contributed by atoms with Crippen molar-refractivity contribution in [2.75, 3.05) is 6.61 Å². The Balaban J connectivity index is 2.30. The maximum absolute atomic E-state index is 12.9. The third-order valence-corrected chi connectivity index (χ3v) is 4.54. The van der Waals surface area contributed by atoms with Crippen molar-refractivity contribution < 1.29 is 9.53 Å². The van der Waals surface area contributed by atoms with Crippen molar-refractivity contribution in [2.24, 2.45) is 12.5 Å². The van der Waals surface area contributed by atoms with E-state index in [1.165, 1.54) is 4.57 Å². The Kier molecular flexibility index (Phi) is 4.03. The molecule has 0 aliphatic heterocycles. The number of ketones is 1. The van der Waals surface area contributed by atoms with E-state index in [0.717, 1.165) is 0 Å². The quantitative estimate of drug-likeness (QED) is 0.861. The molecule has 1 aromatic heterocycles. The number of nitriles is 1. The highest BCUT2D eigenvalue weighted by atomic mass is 16.5. The lowest BCUT2D eigenvalue weighted by Gasteiger charge is -2.29. The smallest absolute Gasteiger partial charge is 0.333 e. The Morgan fingerprint density at radius 2 is 2.00 bits per heavy atom. The van der Waals surface area contributed by atoms with Gasteiger partial charge in [-0.05, 0) is 30.9 Å². The summed E-state index contributed by atoms with van der Waals surface area (Å²) in [5.74, 6) is 0.448. The molecule has 1 heterocycles. The van der Waals surface area contributed by atoms with Crippen LogP contribution in [0.15, 0.2) is 23.0 Å². The van der Waals surface area contributed by atoms with Crippen LogP contribution >= 0.6 is 0 Å². The second kappa shape index (κ2) is 5.92. The second-order valence-corrected chi connectivity index (χ2v) is 7.14. The van der Waals surface area contributed by atoms with Crippen molar-refractivity contribution in [3.8, 4) is 17.5 Å². The van der Waals surface area contributed by atoms with E-state index in [4.69, 9.17) is 10.00 Å². The third kappa shape index (κ3) is 2.76. The van der Waals surface area contributed by atoms with Crippen LogP contribution in [-0.4, -0.2) is 21.5 Å². The van der Waals surface area contributed by atoms with Crippen LogP contribution in [0, 0.1) is 16.7 Å². The minimum Gasteiger partial charge on any atom is -0.492 e. The van der Waals surface area contributed by atoms with Gasteiger partial charge in [-0.3, -0.25) is 13.9 Å². The number of carbonyl (C=O) groups excluding carboxylic acids is 1. The summed E-state index contributed by atoms with van der Waals surface area (Å²) in [5, 5.41) is 9.12. The normalized spacial score (nSPS) is 15.6. The zero-order valence-electron chi connectivity index (χ0n) is 14.9. The molecule has 0 spiro atoms. The van der Waals surface area contributed by atoms with Crippen molar-refractivity contribution in [3.05, 3.63) is 45.6 Å². The van der Waals surface area contributed by atoms with E-state index < -0.39 is 0 Å². The zero-order valence-corrected chi connectivity index (χ0v) is 14.9. The number of fused-ring (bicyclic) bond motifs is 1. The lowest BCUT2D eigenvalue weighted by atomic mass is 9.77. The highest BCUT2D eigenvalue weighted by Gasteiger charge is 2.37. The van der Waals surface area contributed by atoms with Gasteiger partial charge in [0.25, 0.3) is 0 Å². The van der Waals surface area contributed by atoms with Crippen molar-refractivity contribution >= 4 is 5.78 Å². The zero-order chi connectivity index (χ0) is 18.4. The van der Waals surface area contributed by atoms with Gasteiger partial charge in [-0.25, -0.2) is 4.79 Å². The third-order valence-electron chi connectivity index (χ3n) is 4.54. The van der Waals surface area contributed by atoms with Gasteiger partial charge < -0.3 is 4.74 Å². The number of carbonyl (C=O) groups is 1. The standard InChI is InChI=1S/C19H21N3O3/c1-5-25-16-8-12(11-20)6-7-13(16)22-14-9-19(2,3)10-15(23)17(14)21(4)18(22)24/h6-8H,5,9-10H2,1-4H3. The van der Waals surface area contributed by atoms with Crippen LogP contribution < -0.4 is 10.4 Å². The molecule has 0 radical (unpaired) electrons. The Bertz CT molecular complexity index is 958. The SMILES string of the molecule is CCOc1cc(C#N)ccc1-n1c2c(n(C)c1=O)C(=O)CC(C)(C)C2. The second-order valence-electron chi connectivity index (χ2n) is 7.14. The number of hydrogen-bond donors (Lipinski definition) is 0. The van der Waals surface area contributed by atoms with E-state index in [9.17, 15) is 9.59 Å². The first kappa shape index (κ1) is 17.0. The fourth-order valence-electron chi connectivity index (χ4n) is 3.49. The van der Waals surface area contributed by atoms with Crippen LogP contribution in [-0.2, 0) is 13.5 Å². The number of ether oxygens (including phenoxy) is 1. The van der Waals surface area contributed by atoms with Gasteiger partial charge in [0.05, 0.1) is 29.6 Å². The molecule has 6 nitrogen and oxygen atoms in total. The van der Waals surface area contributed by atoms with Gasteiger partial charge in [-0.1, -0.05) is 13.8 Å². The fourth-order valence-corrected chi connectivity index (χ4v) is 3.49. The molecule has 130 valence electrons. The van der Waals surface area contributed by atoms with Crippen LogP contribution in [0.4, 0.5) is 0 Å². The largest absolute Gasteiger partial charge is 0.492 e. The molecule has 0 unspecified atom stereocenters. The van der Waals surface area contributed by atoms with Gasteiger partial charge in [0.15, 0.2) is 5.78 Å². The Hall–Kier alpha value is -2.81. The molecule has 0 saturated carbocycles. The molecule has 25 heavy (non-hydrogen) atoms. The summed E-state index contributed by atoms with van der Waals surface area (Å²) in [6, 6.07) is 7.06. The van der Waals surface area contributed by atoms with E-state index in [-0.39, 0.29) is 16.9 Å². The monoisotopic (exact) mass is 339 g/mol. The molecule has 0 N–H and O–H groups in total. The molecule has 0 fully saturated rings. The average molecular weight is 339 g/mol. The Morgan fingerprint density at radius 1 is 1.28 bits per heavy atom. The van der Waals surface area contributed by atoms with Crippen molar-refractivity contribution in [1.29, 1.82) is 5.26 Å². The number of aromatic nitrogens is 2. The highest BCUT2D eigenvalue weighted by Crippen LogP contribution is 2.36. The fraction of sp³-hybridized carbons (Fsp3) is 0.421. The number of nitrogens with zero attached hydrogens (tertiary/aromatic N) is 3. The molecular weight excluding hydrogens is 318 g/mol. The average Bonchev–Trinajstić information content (AvgIpc) is 2.78. The predicted molar refractivity (Wildman–Crippen MR) is 93.3 cm³/mol. The molecule has 0 atom stereocenters. The molecule has 3 rings (SSSR count). The van der Waals surface area contributed by atoms with Crippen LogP contribution in [0.3, 0.4) is 0 Å². The molecule has 0 saturated heterocycles. The Labute approximate surface area is 146 Å². The van der Waals surface area contributed by atoms with E-state index in [1.807, 2.05) is 20.8 Å². The van der Waals surface area contributed by atoms with Crippen LogP contribution in [0.1, 0.15) is 48.9 Å². The summed E-state index contributed by atoms with van der Waals surface area (Å²) in [6.45, 7) is 6.31. The summed E-state index contributed by atoms with van der Waals surface area (Å²) < 4.78 is 8.64. The molecule has 1 aliphatic rings. The van der Waals surface area contributed by atoms with E-state index in [0.29, 0.717) is 47.8 Å². The molecule has 1 aromatic carbocycles. The van der Waals surface area contributed by atoms with Crippen molar-refractivity contribution in [2.45, 2.75) is 33.6 Å². The Morgan fingerprint density at radius 3 is 2.64 bits per heavy atom. The first-order valence-corrected chi connectivity index (χ1v) is 8.30. The first-order chi connectivity index (χ1) is 11.8. The first-order valence-electron chi connectivity index (χ1n) is 8.30. The molecule has 0 amide bonds. The number of hydrogen-bond acceptors (Lipinski definition) is 4. The van der Waals surface area contributed by atoms with E-state index in [1.54, 1.807) is 29.8 Å². The summed E-state index contributed by atoms with van der Waals surface area (Å²) in [4.78, 5) is 25.5. The molecule has 2 aromatic rings. The van der Waals surface area contributed by atoms with Gasteiger partial charge in [0.2, 0.25) is 0 Å². The van der Waals surface area contributed by atoms with Crippen LogP contribution in [0.5, 0.6) is 5.75 Å². The van der Waals surface area contributed by atoms with Gasteiger partial charge >= 0.3 is 5.69 Å². The van der Waals surface area contributed by atoms with Crippen molar-refractivity contribution in [1.82, 2.24) is 9.13 Å². The lowest BCUT2D eigenvalue weighted by Crippen LogP contribution is -2.29. The van der Waals surface area contributed by atoms with E-state index >= 15 is 0 Å². The molecule has 1 aliphatic carbocycles. The number of benzene rings is 1. The van der Waals surface area contributed by atoms with Crippen LogP contribution in [0.25, 0.3) is 5.69 Å². The maximum atomic E-state index is 12.9. The maximum Gasteiger partial charge on any atom is 0.333 e. The summed E-state index contributed by atoms with van der Waals surface area (Å²) in [6.07, 6.45) is 1.04. The van der Waals surface area contributed by atoms with Gasteiger partial charge in [-0.15, -0.1) is 0 Å². The molecule has 6 heteroatoms. The van der Waals surface area contributed by atoms with Gasteiger partial charge in [0.1, 0.15) is 11.4 Å². The summed E-state index contributed by atoms with van der Waals surface area (Å²) in [5.41, 5.74) is 1.71. The molecular formula is C19H21N3O3. The topological polar surface area (TPSA) is 77.0 Å². The van der Waals surface area contributed by atoms with Crippen molar-refractivity contribution in [3.63, 3.8) is 0 Å². The molecule has 0 bridgehead atoms. The predicted octanol–water partition coefficient (Wildman–Crippen LogP) is 2.60. The minimum atomic E-state index is -0.276. The lowest BCUT2D eigenvalue weighted by molar-refractivity contribution is 0.0901. The van der Waals surface area contributed by atoms with Gasteiger partial charge in [-0.2, -0.15) is 5.26 Å². The minimum absolute atomic E-state index is 0.0174. The highest BCUT2D eigenvalue weighted by molar-refractivity contribution is 5.97. The number of Topliss-reactive ketones (excluding diaryl/α,β-unsaturated/α-hetero) is 1. The summed E-state index contributed by atoms with van der Waals surface area (Å²) >= 11 is 0. The van der Waals surface area contributed by atoms with E-state index in [2.05, 4.69) is 6.07 Å². The van der Waals surface area contributed by atoms with Crippen LogP contribution in [0.2, 0.25) is 0 Å². The van der Waals surface area contributed by atoms with Gasteiger partial charge in [0, 0.05) is 19.5 Å².